The van der Waals surface area contributed by atoms with Crippen molar-refractivity contribution in [3.63, 3.8) is 0 Å². The van der Waals surface area contributed by atoms with Gasteiger partial charge in [-0.3, -0.25) is 9.97 Å². The number of hydrogen-bond donors (Lipinski definition) is 2. The second kappa shape index (κ2) is 5.09. The minimum atomic E-state index is -1.14. The van der Waals surface area contributed by atoms with Crippen LogP contribution in [-0.2, 0) is 9.53 Å². The fourth-order valence-corrected chi connectivity index (χ4v) is 1.49. The van der Waals surface area contributed by atoms with Gasteiger partial charge in [-0.15, -0.1) is 0 Å². The number of rotatable bonds is 4. The van der Waals surface area contributed by atoms with Crippen molar-refractivity contribution in [1.29, 1.82) is 0 Å². The minimum absolute atomic E-state index is 0.675. The van der Waals surface area contributed by atoms with E-state index < -0.39 is 34.7 Å². The Morgan fingerprint density at radius 3 is 2.21 bits per heavy atom. The Bertz CT molecular complexity index is 630. The van der Waals surface area contributed by atoms with Crippen molar-refractivity contribution in [2.75, 3.05) is 0 Å². The molecule has 1 aromatic rings. The number of ether oxygens (including phenoxy) is 1. The van der Waals surface area contributed by atoms with E-state index in [0.717, 1.165) is 10.6 Å². The monoisotopic (exact) mass is 269 g/mol. The molecule has 1 unspecified atom stereocenters. The summed E-state index contributed by atoms with van der Waals surface area (Å²) in [6.45, 7) is 7.86. The molecule has 0 radical (unpaired) electrons. The zero-order valence-corrected chi connectivity index (χ0v) is 10.9. The summed E-state index contributed by atoms with van der Waals surface area (Å²) in [5.74, 6) is -0.675. The normalized spacial score (nSPS) is 12.8. The van der Waals surface area contributed by atoms with Gasteiger partial charge in [-0.1, -0.05) is 6.58 Å². The predicted octanol–water partition coefficient (Wildman–Crippen LogP) is -0.706. The summed E-state index contributed by atoms with van der Waals surface area (Å²) in [5, 5.41) is 0. The van der Waals surface area contributed by atoms with E-state index >= 15 is 0 Å². The second-order valence-electron chi connectivity index (χ2n) is 4.46. The Labute approximate surface area is 107 Å². The standard InChI is InChI=1S/C11H15N3O5/c1-5-7(15)19-11(3,4)6(2)14-9(17)12-8(16)13-10(14)18/h5-6H,1H2,2-4H3,(H2,12,13,16,17,18). The average molecular weight is 269 g/mol. The van der Waals surface area contributed by atoms with Gasteiger partial charge in [0.25, 0.3) is 0 Å². The molecule has 0 fully saturated rings. The van der Waals surface area contributed by atoms with E-state index in [1.54, 1.807) is 0 Å². The van der Waals surface area contributed by atoms with Gasteiger partial charge in [0.05, 0.1) is 6.04 Å². The molecule has 0 aliphatic carbocycles. The van der Waals surface area contributed by atoms with Gasteiger partial charge in [0, 0.05) is 6.08 Å². The summed E-state index contributed by atoms with van der Waals surface area (Å²) in [7, 11) is 0. The first-order valence-electron chi connectivity index (χ1n) is 5.49. The number of carbonyl (C=O) groups excluding carboxylic acids is 1. The van der Waals surface area contributed by atoms with Crippen LogP contribution in [0.15, 0.2) is 27.0 Å². The topological polar surface area (TPSA) is 114 Å². The quantitative estimate of drug-likeness (QED) is 0.554. The van der Waals surface area contributed by atoms with Crippen molar-refractivity contribution in [3.05, 3.63) is 44.1 Å². The molecule has 0 bridgehead atoms. The molecule has 0 aromatic carbocycles. The molecule has 0 spiro atoms. The van der Waals surface area contributed by atoms with Gasteiger partial charge in [0.15, 0.2) is 0 Å². The highest BCUT2D eigenvalue weighted by Crippen LogP contribution is 2.23. The van der Waals surface area contributed by atoms with Crippen LogP contribution in [0.5, 0.6) is 0 Å². The van der Waals surface area contributed by atoms with Crippen molar-refractivity contribution >= 4 is 5.97 Å². The van der Waals surface area contributed by atoms with E-state index in [9.17, 15) is 19.2 Å². The third-order valence-corrected chi connectivity index (χ3v) is 2.80. The van der Waals surface area contributed by atoms with Gasteiger partial charge in [-0.2, -0.15) is 0 Å². The molecule has 1 atom stereocenters. The lowest BCUT2D eigenvalue weighted by molar-refractivity contribution is -0.154. The molecule has 8 nitrogen and oxygen atoms in total. The molecule has 1 heterocycles. The van der Waals surface area contributed by atoms with Crippen LogP contribution < -0.4 is 17.1 Å². The number of carbonyl (C=O) groups is 1. The predicted molar refractivity (Wildman–Crippen MR) is 67.0 cm³/mol. The van der Waals surface area contributed by atoms with Crippen LogP contribution in [0.2, 0.25) is 0 Å². The van der Waals surface area contributed by atoms with E-state index in [0.29, 0.717) is 0 Å². The molecular formula is C11H15N3O5. The highest BCUT2D eigenvalue weighted by Gasteiger charge is 2.32. The Kier molecular flexibility index (Phi) is 3.93. The van der Waals surface area contributed by atoms with E-state index in [4.69, 9.17) is 4.74 Å². The molecule has 1 rings (SSSR count). The first-order valence-corrected chi connectivity index (χ1v) is 5.49. The van der Waals surface area contributed by atoms with Crippen molar-refractivity contribution in [3.8, 4) is 0 Å². The average Bonchev–Trinajstić information content (AvgIpc) is 2.26. The maximum atomic E-state index is 11.6. The number of hydrogen-bond acceptors (Lipinski definition) is 5. The van der Waals surface area contributed by atoms with Gasteiger partial charge in [0.2, 0.25) is 0 Å². The molecule has 0 amide bonds. The maximum absolute atomic E-state index is 11.6. The van der Waals surface area contributed by atoms with E-state index in [2.05, 4.69) is 6.58 Å². The van der Waals surface area contributed by atoms with E-state index in [1.807, 2.05) is 9.97 Å². The summed E-state index contributed by atoms with van der Waals surface area (Å²) >= 11 is 0. The first-order chi connectivity index (χ1) is 8.69. The Morgan fingerprint density at radius 2 is 1.79 bits per heavy atom. The molecule has 0 saturated carbocycles. The zero-order chi connectivity index (χ0) is 14.8. The molecule has 2 N–H and O–H groups in total. The van der Waals surface area contributed by atoms with Crippen molar-refractivity contribution in [1.82, 2.24) is 14.5 Å². The molecule has 0 saturated heterocycles. The Hall–Kier alpha value is -2.38. The molecule has 19 heavy (non-hydrogen) atoms. The van der Waals surface area contributed by atoms with E-state index in [1.165, 1.54) is 20.8 Å². The van der Waals surface area contributed by atoms with Crippen LogP contribution in [0.25, 0.3) is 0 Å². The van der Waals surface area contributed by atoms with Crippen LogP contribution in [0, 0.1) is 0 Å². The first kappa shape index (κ1) is 14.7. The van der Waals surface area contributed by atoms with Crippen molar-refractivity contribution < 1.29 is 9.53 Å². The molecular weight excluding hydrogens is 254 g/mol. The van der Waals surface area contributed by atoms with Gasteiger partial charge < -0.3 is 4.74 Å². The number of aromatic nitrogens is 3. The number of H-pyrrole nitrogens is 2. The minimum Gasteiger partial charge on any atom is -0.454 e. The number of nitrogens with zero attached hydrogens (tertiary/aromatic N) is 1. The zero-order valence-electron chi connectivity index (χ0n) is 10.9. The maximum Gasteiger partial charge on any atom is 0.334 e. The van der Waals surface area contributed by atoms with Crippen molar-refractivity contribution in [2.24, 2.45) is 0 Å². The number of esters is 1. The molecule has 104 valence electrons. The van der Waals surface area contributed by atoms with Crippen LogP contribution in [0.4, 0.5) is 0 Å². The van der Waals surface area contributed by atoms with Gasteiger partial charge >= 0.3 is 23.0 Å². The van der Waals surface area contributed by atoms with Gasteiger partial charge in [0.1, 0.15) is 5.60 Å². The third-order valence-electron chi connectivity index (χ3n) is 2.80. The molecule has 1 aromatic heterocycles. The Balaban J connectivity index is 3.27. The lowest BCUT2D eigenvalue weighted by atomic mass is 10.00. The van der Waals surface area contributed by atoms with Crippen LogP contribution >= 0.6 is 0 Å². The van der Waals surface area contributed by atoms with Gasteiger partial charge in [-0.25, -0.2) is 23.7 Å². The second-order valence-corrected chi connectivity index (χ2v) is 4.46. The SMILES string of the molecule is C=CC(=O)OC(C)(C)C(C)n1c(=O)[nH]c(=O)[nH]c1=O. The molecule has 8 heteroatoms. The fourth-order valence-electron chi connectivity index (χ4n) is 1.49. The highest BCUT2D eigenvalue weighted by atomic mass is 16.6. The summed E-state index contributed by atoms with van der Waals surface area (Å²) in [4.78, 5) is 49.3. The largest absolute Gasteiger partial charge is 0.454 e. The van der Waals surface area contributed by atoms with Gasteiger partial charge in [-0.05, 0) is 20.8 Å². The molecule has 0 aliphatic heterocycles. The lowest BCUT2D eigenvalue weighted by Gasteiger charge is -2.31. The lowest BCUT2D eigenvalue weighted by Crippen LogP contribution is -2.50. The molecule has 0 aliphatic rings. The van der Waals surface area contributed by atoms with Crippen LogP contribution in [0.3, 0.4) is 0 Å². The summed E-state index contributed by atoms with van der Waals surface area (Å²) in [6.07, 6.45) is 0.980. The summed E-state index contributed by atoms with van der Waals surface area (Å²) in [6, 6.07) is -0.788. The Morgan fingerprint density at radius 1 is 1.32 bits per heavy atom. The smallest absolute Gasteiger partial charge is 0.334 e. The number of nitrogens with one attached hydrogen (secondary N) is 2. The summed E-state index contributed by atoms with van der Waals surface area (Å²) in [5.41, 5.74) is -3.77. The summed E-state index contributed by atoms with van der Waals surface area (Å²) < 4.78 is 5.86. The van der Waals surface area contributed by atoms with Crippen LogP contribution in [-0.4, -0.2) is 26.1 Å². The number of aromatic amines is 2. The van der Waals surface area contributed by atoms with Crippen molar-refractivity contribution in [2.45, 2.75) is 32.4 Å². The van der Waals surface area contributed by atoms with Crippen LogP contribution in [0.1, 0.15) is 26.8 Å². The highest BCUT2D eigenvalue weighted by molar-refractivity contribution is 5.81. The fraction of sp³-hybridized carbons (Fsp3) is 0.455. The van der Waals surface area contributed by atoms with E-state index in [-0.39, 0.29) is 0 Å². The third kappa shape index (κ3) is 3.09.